The van der Waals surface area contributed by atoms with Crippen LogP contribution in [0.4, 0.5) is 0 Å². The van der Waals surface area contributed by atoms with Gasteiger partial charge in [0.25, 0.3) is 0 Å². The van der Waals surface area contributed by atoms with Gasteiger partial charge in [-0.05, 0) is 31.7 Å². The predicted octanol–water partition coefficient (Wildman–Crippen LogP) is 3.02. The van der Waals surface area contributed by atoms with Gasteiger partial charge < -0.3 is 14.6 Å². The Morgan fingerprint density at radius 2 is 2.13 bits per heavy atom. The number of benzene rings is 1. The molecule has 23 heavy (non-hydrogen) atoms. The molecule has 0 radical (unpaired) electrons. The first-order valence-electron chi connectivity index (χ1n) is 7.51. The molecular weight excluding hydrogens is 312 g/mol. The van der Waals surface area contributed by atoms with E-state index in [1.165, 1.54) is 0 Å². The number of aliphatic hydroxyl groups is 1. The zero-order valence-electron chi connectivity index (χ0n) is 14.0. The van der Waals surface area contributed by atoms with Gasteiger partial charge in [-0.15, -0.1) is 11.3 Å². The third kappa shape index (κ3) is 5.00. The zero-order chi connectivity index (χ0) is 16.8. The number of hydrogen-bond acceptors (Lipinski definition) is 6. The van der Waals surface area contributed by atoms with Crippen molar-refractivity contribution >= 4 is 11.3 Å². The van der Waals surface area contributed by atoms with Gasteiger partial charge >= 0.3 is 0 Å². The van der Waals surface area contributed by atoms with E-state index in [1.807, 2.05) is 43.6 Å². The van der Waals surface area contributed by atoms with Gasteiger partial charge in [0.1, 0.15) is 16.9 Å². The van der Waals surface area contributed by atoms with Crippen LogP contribution >= 0.6 is 11.3 Å². The van der Waals surface area contributed by atoms with E-state index >= 15 is 0 Å². The Balaban J connectivity index is 1.93. The van der Waals surface area contributed by atoms with Crippen molar-refractivity contribution in [1.82, 2.24) is 9.88 Å². The normalized spacial score (nSPS) is 14.0. The van der Waals surface area contributed by atoms with Crippen molar-refractivity contribution in [2.45, 2.75) is 25.7 Å². The van der Waals surface area contributed by atoms with Crippen molar-refractivity contribution in [3.8, 4) is 5.75 Å². The molecule has 0 saturated heterocycles. The Morgan fingerprint density at radius 1 is 1.35 bits per heavy atom. The topological polar surface area (TPSA) is 54.8 Å². The van der Waals surface area contributed by atoms with Crippen molar-refractivity contribution in [1.29, 1.82) is 0 Å². The van der Waals surface area contributed by atoms with Gasteiger partial charge in [0.05, 0.1) is 18.9 Å². The summed E-state index contributed by atoms with van der Waals surface area (Å²) < 4.78 is 10.5. The molecular formula is C17H24N2O3S. The minimum Gasteiger partial charge on any atom is -0.497 e. The fraction of sp³-hybridized carbons (Fsp3) is 0.471. The van der Waals surface area contributed by atoms with E-state index in [0.717, 1.165) is 22.0 Å². The number of rotatable bonds is 8. The number of aromatic nitrogens is 1. The summed E-state index contributed by atoms with van der Waals surface area (Å²) in [6.07, 6.45) is -0.549. The molecule has 0 bridgehead atoms. The highest BCUT2D eigenvalue weighted by molar-refractivity contribution is 7.09. The maximum Gasteiger partial charge on any atom is 0.122 e. The van der Waals surface area contributed by atoms with Crippen molar-refractivity contribution in [2.24, 2.45) is 0 Å². The SMILES string of the molecule is COc1cccc(C(O)CN(C)Cc2csc(C(C)OC)n2)c1. The molecule has 0 aliphatic rings. The molecule has 0 fully saturated rings. The van der Waals surface area contributed by atoms with Gasteiger partial charge in [0, 0.05) is 25.6 Å². The second-order valence-corrected chi connectivity index (χ2v) is 6.43. The Morgan fingerprint density at radius 3 is 2.83 bits per heavy atom. The number of nitrogens with zero attached hydrogens (tertiary/aromatic N) is 2. The number of methoxy groups -OCH3 is 2. The first-order valence-corrected chi connectivity index (χ1v) is 8.39. The van der Waals surface area contributed by atoms with E-state index in [0.29, 0.717) is 13.1 Å². The first kappa shape index (κ1) is 17.9. The lowest BCUT2D eigenvalue weighted by Gasteiger charge is -2.20. The van der Waals surface area contributed by atoms with Gasteiger partial charge in [-0.25, -0.2) is 4.98 Å². The molecule has 2 aromatic rings. The van der Waals surface area contributed by atoms with Crippen LogP contribution in [-0.4, -0.2) is 42.8 Å². The van der Waals surface area contributed by atoms with Crippen molar-refractivity contribution in [3.05, 3.63) is 45.9 Å². The largest absolute Gasteiger partial charge is 0.497 e. The fourth-order valence-electron chi connectivity index (χ4n) is 2.27. The van der Waals surface area contributed by atoms with Gasteiger partial charge in [-0.2, -0.15) is 0 Å². The molecule has 2 atom stereocenters. The van der Waals surface area contributed by atoms with E-state index < -0.39 is 6.10 Å². The number of likely N-dealkylation sites (N-methyl/N-ethyl adjacent to an activating group) is 1. The molecule has 1 aromatic carbocycles. The lowest BCUT2D eigenvalue weighted by Crippen LogP contribution is -2.24. The molecule has 2 rings (SSSR count). The molecule has 1 heterocycles. The Kier molecular flexibility index (Phi) is 6.53. The van der Waals surface area contributed by atoms with Crippen molar-refractivity contribution < 1.29 is 14.6 Å². The van der Waals surface area contributed by atoms with Crippen molar-refractivity contribution in [3.63, 3.8) is 0 Å². The van der Waals surface area contributed by atoms with Crippen LogP contribution in [0, 0.1) is 0 Å². The third-order valence-electron chi connectivity index (χ3n) is 3.67. The van der Waals surface area contributed by atoms with E-state index in [2.05, 4.69) is 9.88 Å². The molecule has 126 valence electrons. The highest BCUT2D eigenvalue weighted by Gasteiger charge is 2.14. The number of thiazole rings is 1. The Labute approximate surface area is 141 Å². The van der Waals surface area contributed by atoms with Gasteiger partial charge in [0.15, 0.2) is 0 Å². The average molecular weight is 336 g/mol. The van der Waals surface area contributed by atoms with E-state index in [4.69, 9.17) is 9.47 Å². The molecule has 0 aliphatic carbocycles. The molecule has 6 heteroatoms. The van der Waals surface area contributed by atoms with Gasteiger partial charge in [-0.3, -0.25) is 4.90 Å². The summed E-state index contributed by atoms with van der Waals surface area (Å²) in [5.74, 6) is 0.752. The fourth-order valence-corrected chi connectivity index (χ4v) is 3.12. The monoisotopic (exact) mass is 336 g/mol. The molecule has 1 aromatic heterocycles. The smallest absolute Gasteiger partial charge is 0.122 e. The predicted molar refractivity (Wildman–Crippen MR) is 91.8 cm³/mol. The van der Waals surface area contributed by atoms with E-state index in [9.17, 15) is 5.11 Å². The highest BCUT2D eigenvalue weighted by atomic mass is 32.1. The van der Waals surface area contributed by atoms with Crippen LogP contribution < -0.4 is 4.74 Å². The van der Waals surface area contributed by atoms with Crippen LogP contribution in [-0.2, 0) is 11.3 Å². The molecule has 0 spiro atoms. The van der Waals surface area contributed by atoms with E-state index in [-0.39, 0.29) is 6.10 Å². The van der Waals surface area contributed by atoms with Crippen LogP contribution in [0.15, 0.2) is 29.6 Å². The Bertz CT molecular complexity index is 617. The van der Waals surface area contributed by atoms with Crippen LogP contribution in [0.1, 0.15) is 35.4 Å². The van der Waals surface area contributed by atoms with Crippen LogP contribution in [0.3, 0.4) is 0 Å². The van der Waals surface area contributed by atoms with Gasteiger partial charge in [-0.1, -0.05) is 12.1 Å². The maximum atomic E-state index is 10.4. The van der Waals surface area contributed by atoms with Crippen LogP contribution in [0.2, 0.25) is 0 Å². The molecule has 2 unspecified atom stereocenters. The molecule has 0 amide bonds. The summed E-state index contributed by atoms with van der Waals surface area (Å²) in [6, 6.07) is 7.52. The number of aliphatic hydroxyl groups excluding tert-OH is 1. The summed E-state index contributed by atoms with van der Waals surface area (Å²) in [4.78, 5) is 6.63. The standard InChI is InChI=1S/C17H24N2O3S/c1-12(21-3)17-18-14(11-23-17)9-19(2)10-16(20)13-6-5-7-15(8-13)22-4/h5-8,11-12,16,20H,9-10H2,1-4H3. The molecule has 1 N–H and O–H groups in total. The average Bonchev–Trinajstić information content (AvgIpc) is 3.02. The highest BCUT2D eigenvalue weighted by Crippen LogP contribution is 2.22. The Hall–Kier alpha value is -1.47. The van der Waals surface area contributed by atoms with E-state index in [1.54, 1.807) is 25.6 Å². The minimum absolute atomic E-state index is 0.0152. The summed E-state index contributed by atoms with van der Waals surface area (Å²) in [5, 5.41) is 13.4. The zero-order valence-corrected chi connectivity index (χ0v) is 14.8. The third-order valence-corrected chi connectivity index (χ3v) is 4.72. The maximum absolute atomic E-state index is 10.4. The summed E-state index contributed by atoms with van der Waals surface area (Å²) in [5.41, 5.74) is 1.84. The second kappa shape index (κ2) is 8.40. The van der Waals surface area contributed by atoms with Crippen LogP contribution in [0.5, 0.6) is 5.75 Å². The summed E-state index contributed by atoms with van der Waals surface area (Å²) >= 11 is 1.60. The quantitative estimate of drug-likeness (QED) is 0.803. The number of ether oxygens (including phenoxy) is 2. The second-order valence-electron chi connectivity index (χ2n) is 5.54. The lowest BCUT2D eigenvalue weighted by molar-refractivity contribution is 0.117. The lowest BCUT2D eigenvalue weighted by atomic mass is 10.1. The molecule has 0 saturated carbocycles. The van der Waals surface area contributed by atoms with Crippen molar-refractivity contribution in [2.75, 3.05) is 27.8 Å². The minimum atomic E-state index is -0.564. The first-order chi connectivity index (χ1) is 11.0. The van der Waals surface area contributed by atoms with Gasteiger partial charge in [0.2, 0.25) is 0 Å². The summed E-state index contributed by atoms with van der Waals surface area (Å²) in [6.45, 7) is 3.20. The molecule has 0 aliphatic heterocycles. The molecule has 5 nitrogen and oxygen atoms in total. The summed E-state index contributed by atoms with van der Waals surface area (Å²) in [7, 11) is 5.28. The van der Waals surface area contributed by atoms with Crippen LogP contribution in [0.25, 0.3) is 0 Å². The number of hydrogen-bond donors (Lipinski definition) is 1.